The van der Waals surface area contributed by atoms with Crippen LogP contribution < -0.4 is 5.32 Å². The molecule has 1 aliphatic heterocycles. The molecule has 124 valence electrons. The molecule has 0 saturated heterocycles. The van der Waals surface area contributed by atoms with Gasteiger partial charge in [-0.15, -0.1) is 10.2 Å². The van der Waals surface area contributed by atoms with Gasteiger partial charge in [-0.3, -0.25) is 24.6 Å². The van der Waals surface area contributed by atoms with Gasteiger partial charge in [0.05, 0.1) is 11.1 Å². The minimum Gasteiger partial charge on any atom is -0.299 e. The standard InChI is InChI=1S/C16H16N4O3S/c1-9(2)7-12(13(21)18-16-19-17-8-24-16)20-14(22)10-5-3-4-6-11(10)15(20)23/h3-6,8-9,12H,7H2,1-2H3,(H,18,19,21)/t12-/m0/s1. The lowest BCUT2D eigenvalue weighted by atomic mass is 10.0. The van der Waals surface area contributed by atoms with Crippen LogP contribution in [0.5, 0.6) is 0 Å². The number of carbonyl (C=O) groups is 3. The summed E-state index contributed by atoms with van der Waals surface area (Å²) >= 11 is 1.18. The maximum absolute atomic E-state index is 12.7. The topological polar surface area (TPSA) is 92.3 Å². The maximum Gasteiger partial charge on any atom is 0.262 e. The van der Waals surface area contributed by atoms with Gasteiger partial charge in [-0.1, -0.05) is 37.3 Å². The Balaban J connectivity index is 1.91. The van der Waals surface area contributed by atoms with E-state index in [1.165, 1.54) is 16.8 Å². The number of fused-ring (bicyclic) bond motifs is 1. The van der Waals surface area contributed by atoms with E-state index in [0.717, 1.165) is 4.90 Å². The summed E-state index contributed by atoms with van der Waals surface area (Å²) < 4.78 is 0. The smallest absolute Gasteiger partial charge is 0.262 e. The third kappa shape index (κ3) is 2.92. The number of aromatic nitrogens is 2. The molecule has 0 spiro atoms. The molecule has 0 bridgehead atoms. The number of benzene rings is 1. The highest BCUT2D eigenvalue weighted by atomic mass is 32.1. The van der Waals surface area contributed by atoms with Crippen molar-refractivity contribution in [2.24, 2.45) is 5.92 Å². The van der Waals surface area contributed by atoms with Gasteiger partial charge in [-0.2, -0.15) is 0 Å². The van der Waals surface area contributed by atoms with Gasteiger partial charge in [0.15, 0.2) is 0 Å². The van der Waals surface area contributed by atoms with E-state index in [2.05, 4.69) is 15.5 Å². The number of hydrogen-bond donors (Lipinski definition) is 1. The molecule has 1 aromatic heterocycles. The average molecular weight is 344 g/mol. The van der Waals surface area contributed by atoms with Crippen molar-refractivity contribution in [1.29, 1.82) is 0 Å². The van der Waals surface area contributed by atoms with E-state index < -0.39 is 23.8 Å². The fraction of sp³-hybridized carbons (Fsp3) is 0.312. The zero-order valence-corrected chi connectivity index (χ0v) is 14.0. The molecule has 0 saturated carbocycles. The number of imide groups is 1. The van der Waals surface area contributed by atoms with E-state index in [4.69, 9.17) is 0 Å². The average Bonchev–Trinajstić information content (AvgIpc) is 3.14. The second-order valence-electron chi connectivity index (χ2n) is 5.90. The summed E-state index contributed by atoms with van der Waals surface area (Å²) in [5, 5.41) is 10.4. The van der Waals surface area contributed by atoms with Crippen molar-refractivity contribution in [3.05, 3.63) is 40.9 Å². The van der Waals surface area contributed by atoms with Gasteiger partial charge in [-0.25, -0.2) is 0 Å². The van der Waals surface area contributed by atoms with Crippen LogP contribution in [0.3, 0.4) is 0 Å². The van der Waals surface area contributed by atoms with E-state index in [-0.39, 0.29) is 5.92 Å². The normalized spacial score (nSPS) is 14.9. The Morgan fingerprint density at radius 3 is 2.33 bits per heavy atom. The summed E-state index contributed by atoms with van der Waals surface area (Å²) in [5.41, 5.74) is 2.16. The second kappa shape index (κ2) is 6.48. The molecule has 0 radical (unpaired) electrons. The largest absolute Gasteiger partial charge is 0.299 e. The highest BCUT2D eigenvalue weighted by Gasteiger charge is 2.42. The molecule has 1 aromatic carbocycles. The van der Waals surface area contributed by atoms with E-state index in [1.807, 2.05) is 13.8 Å². The van der Waals surface area contributed by atoms with Crippen molar-refractivity contribution in [1.82, 2.24) is 15.1 Å². The molecule has 2 heterocycles. The lowest BCUT2D eigenvalue weighted by Gasteiger charge is -2.26. The molecule has 7 nitrogen and oxygen atoms in total. The van der Waals surface area contributed by atoms with Crippen LogP contribution in [0.15, 0.2) is 29.8 Å². The summed E-state index contributed by atoms with van der Waals surface area (Å²) in [7, 11) is 0. The predicted octanol–water partition coefficient (Wildman–Crippen LogP) is 2.19. The Labute approximate surface area is 142 Å². The summed E-state index contributed by atoms with van der Waals surface area (Å²) in [6.07, 6.45) is 0.371. The van der Waals surface area contributed by atoms with E-state index in [1.54, 1.807) is 24.3 Å². The first-order valence-electron chi connectivity index (χ1n) is 7.53. The molecule has 8 heteroatoms. The van der Waals surface area contributed by atoms with Crippen molar-refractivity contribution in [2.75, 3.05) is 5.32 Å². The molecule has 24 heavy (non-hydrogen) atoms. The SMILES string of the molecule is CC(C)C[C@@H](C(=O)Nc1nncs1)N1C(=O)c2ccccc2C1=O. The summed E-state index contributed by atoms with van der Waals surface area (Å²) in [6, 6.07) is 5.72. The fourth-order valence-electron chi connectivity index (χ4n) is 2.68. The number of carbonyl (C=O) groups excluding carboxylic acids is 3. The van der Waals surface area contributed by atoms with Crippen molar-refractivity contribution >= 4 is 34.2 Å². The summed E-state index contributed by atoms with van der Waals surface area (Å²) in [6.45, 7) is 3.87. The molecule has 1 aliphatic rings. The molecule has 3 rings (SSSR count). The Hall–Kier alpha value is -2.61. The lowest BCUT2D eigenvalue weighted by molar-refractivity contribution is -0.120. The summed E-state index contributed by atoms with van der Waals surface area (Å²) in [4.78, 5) is 39.0. The monoisotopic (exact) mass is 344 g/mol. The Morgan fingerprint density at radius 1 is 1.21 bits per heavy atom. The van der Waals surface area contributed by atoms with Crippen LogP contribution in [0.25, 0.3) is 0 Å². The predicted molar refractivity (Wildman–Crippen MR) is 88.7 cm³/mol. The molecule has 0 aliphatic carbocycles. The van der Waals surface area contributed by atoms with Crippen LogP contribution in [0, 0.1) is 5.92 Å². The maximum atomic E-state index is 12.7. The van der Waals surface area contributed by atoms with Gasteiger partial charge in [-0.05, 0) is 24.5 Å². The highest BCUT2D eigenvalue weighted by Crippen LogP contribution is 2.27. The first kappa shape index (κ1) is 16.3. The first-order valence-corrected chi connectivity index (χ1v) is 8.41. The molecule has 3 amide bonds. The van der Waals surface area contributed by atoms with Gasteiger partial charge >= 0.3 is 0 Å². The number of nitrogens with zero attached hydrogens (tertiary/aromatic N) is 3. The van der Waals surface area contributed by atoms with Gasteiger partial charge in [0.2, 0.25) is 11.0 Å². The van der Waals surface area contributed by atoms with Gasteiger partial charge in [0, 0.05) is 0 Å². The number of rotatable bonds is 5. The van der Waals surface area contributed by atoms with E-state index >= 15 is 0 Å². The van der Waals surface area contributed by atoms with Crippen LogP contribution in [0.2, 0.25) is 0 Å². The summed E-state index contributed by atoms with van der Waals surface area (Å²) in [5.74, 6) is -1.18. The zero-order chi connectivity index (χ0) is 17.3. The van der Waals surface area contributed by atoms with Gasteiger partial charge < -0.3 is 0 Å². The number of nitrogens with one attached hydrogen (secondary N) is 1. The minimum absolute atomic E-state index is 0.125. The first-order chi connectivity index (χ1) is 11.5. The van der Waals surface area contributed by atoms with Crippen LogP contribution >= 0.6 is 11.3 Å². The fourth-order valence-corrected chi connectivity index (χ4v) is 3.13. The van der Waals surface area contributed by atoms with Crippen molar-refractivity contribution < 1.29 is 14.4 Å². The number of amides is 3. The zero-order valence-electron chi connectivity index (χ0n) is 13.2. The second-order valence-corrected chi connectivity index (χ2v) is 6.74. The third-order valence-corrected chi connectivity index (χ3v) is 4.33. The molecule has 0 unspecified atom stereocenters. The third-order valence-electron chi connectivity index (χ3n) is 3.72. The van der Waals surface area contributed by atoms with Crippen molar-refractivity contribution in [3.8, 4) is 0 Å². The van der Waals surface area contributed by atoms with Gasteiger partial charge in [0.1, 0.15) is 11.6 Å². The van der Waals surface area contributed by atoms with E-state index in [9.17, 15) is 14.4 Å². The molecular formula is C16H16N4O3S. The molecule has 1 N–H and O–H groups in total. The van der Waals surface area contributed by atoms with Gasteiger partial charge in [0.25, 0.3) is 11.8 Å². The van der Waals surface area contributed by atoms with Crippen LogP contribution in [0.4, 0.5) is 5.13 Å². The van der Waals surface area contributed by atoms with Crippen LogP contribution in [0.1, 0.15) is 41.0 Å². The highest BCUT2D eigenvalue weighted by molar-refractivity contribution is 7.13. The molecular weight excluding hydrogens is 328 g/mol. The minimum atomic E-state index is -0.888. The molecule has 0 fully saturated rings. The van der Waals surface area contributed by atoms with Crippen molar-refractivity contribution in [3.63, 3.8) is 0 Å². The molecule has 2 aromatic rings. The van der Waals surface area contributed by atoms with Crippen molar-refractivity contribution in [2.45, 2.75) is 26.3 Å². The lowest BCUT2D eigenvalue weighted by Crippen LogP contribution is -2.47. The van der Waals surface area contributed by atoms with Crippen LogP contribution in [-0.4, -0.2) is 38.9 Å². The Morgan fingerprint density at radius 2 is 1.83 bits per heavy atom. The molecule has 1 atom stereocenters. The van der Waals surface area contributed by atoms with Crippen LogP contribution in [-0.2, 0) is 4.79 Å². The Kier molecular flexibility index (Phi) is 4.39. The number of anilines is 1. The Bertz CT molecular complexity index is 753. The van der Waals surface area contributed by atoms with E-state index in [0.29, 0.717) is 22.7 Å². The number of hydrogen-bond acceptors (Lipinski definition) is 6. The quantitative estimate of drug-likeness (QED) is 0.839.